The summed E-state index contributed by atoms with van der Waals surface area (Å²) in [5.74, 6) is 0.493. The van der Waals surface area contributed by atoms with E-state index < -0.39 is 0 Å². The summed E-state index contributed by atoms with van der Waals surface area (Å²) < 4.78 is 7.21. The number of nitrogens with zero attached hydrogens (tertiary/aromatic N) is 4. The minimum Gasteiger partial charge on any atom is -0.378 e. The van der Waals surface area contributed by atoms with Crippen molar-refractivity contribution in [1.82, 2.24) is 25.5 Å². The molecule has 7 heteroatoms. The molecule has 1 saturated heterocycles. The number of rotatable bonds is 4. The fraction of sp³-hybridized carbons (Fsp3) is 0.467. The molecule has 1 aromatic carbocycles. The maximum Gasteiger partial charge on any atom is 0.251 e. The molecule has 0 bridgehead atoms. The van der Waals surface area contributed by atoms with Crippen molar-refractivity contribution in [3.05, 3.63) is 41.7 Å². The van der Waals surface area contributed by atoms with Crippen LogP contribution in [-0.4, -0.2) is 44.9 Å². The number of nitrogens with one attached hydrogen (secondary N) is 1. The molecule has 22 heavy (non-hydrogen) atoms. The Balaban J connectivity index is 1.37. The monoisotopic (exact) mass is 299 g/mol. The first-order valence-corrected chi connectivity index (χ1v) is 7.52. The van der Waals surface area contributed by atoms with E-state index >= 15 is 0 Å². The van der Waals surface area contributed by atoms with Crippen molar-refractivity contribution < 1.29 is 9.53 Å². The molecule has 2 aliphatic rings. The van der Waals surface area contributed by atoms with E-state index in [1.807, 2.05) is 24.3 Å². The molecule has 2 aromatic rings. The Bertz CT molecular complexity index is 655. The minimum absolute atomic E-state index is 0.00989. The summed E-state index contributed by atoms with van der Waals surface area (Å²) in [6.45, 7) is 1.42. The van der Waals surface area contributed by atoms with Crippen LogP contribution in [0.15, 0.2) is 30.6 Å². The van der Waals surface area contributed by atoms with Gasteiger partial charge in [-0.05, 0) is 41.0 Å². The number of carbonyl (C=O) groups is 1. The third-order valence-electron chi connectivity index (χ3n) is 4.53. The van der Waals surface area contributed by atoms with Crippen molar-refractivity contribution >= 4 is 5.91 Å². The molecule has 2 fully saturated rings. The molecule has 1 N–H and O–H groups in total. The van der Waals surface area contributed by atoms with Gasteiger partial charge in [0.15, 0.2) is 0 Å². The Morgan fingerprint density at radius 1 is 1.36 bits per heavy atom. The summed E-state index contributed by atoms with van der Waals surface area (Å²) in [6.07, 6.45) is 3.93. The molecule has 1 aliphatic heterocycles. The van der Waals surface area contributed by atoms with Gasteiger partial charge in [0.2, 0.25) is 0 Å². The van der Waals surface area contributed by atoms with Crippen LogP contribution < -0.4 is 5.32 Å². The standard InChI is InChI=1S/C15H17N5O2/c21-15(17-13-7-14-12(13)5-6-22-14)11-3-1-10(2-4-11)8-20-9-16-18-19-20/h1-4,9,12-14H,5-8H2,(H,17,21)/t12-,13+,14+/m1/s1. The summed E-state index contributed by atoms with van der Waals surface area (Å²) in [5.41, 5.74) is 1.74. The van der Waals surface area contributed by atoms with Gasteiger partial charge in [-0.15, -0.1) is 5.10 Å². The lowest BCUT2D eigenvalue weighted by molar-refractivity contribution is 0.00810. The number of fused-ring (bicyclic) bond motifs is 1. The second kappa shape index (κ2) is 5.49. The van der Waals surface area contributed by atoms with Crippen LogP contribution in [0, 0.1) is 5.92 Å². The van der Waals surface area contributed by atoms with Gasteiger partial charge < -0.3 is 10.1 Å². The molecular weight excluding hydrogens is 282 g/mol. The first kappa shape index (κ1) is 13.4. The van der Waals surface area contributed by atoms with Crippen LogP contribution in [0.3, 0.4) is 0 Å². The normalized spacial score (nSPS) is 26.3. The van der Waals surface area contributed by atoms with Crippen LogP contribution >= 0.6 is 0 Å². The fourth-order valence-electron chi connectivity index (χ4n) is 3.22. The molecule has 2 heterocycles. The van der Waals surface area contributed by atoms with Crippen LogP contribution in [0.25, 0.3) is 0 Å². The lowest BCUT2D eigenvalue weighted by Crippen LogP contribution is -2.53. The van der Waals surface area contributed by atoms with Gasteiger partial charge in [0.05, 0.1) is 12.6 Å². The fourth-order valence-corrected chi connectivity index (χ4v) is 3.22. The second-order valence-corrected chi connectivity index (χ2v) is 5.88. The van der Waals surface area contributed by atoms with Gasteiger partial charge in [0.1, 0.15) is 6.33 Å². The first-order chi connectivity index (χ1) is 10.8. The summed E-state index contributed by atoms with van der Waals surface area (Å²) in [7, 11) is 0. The van der Waals surface area contributed by atoms with Crippen LogP contribution in [-0.2, 0) is 11.3 Å². The van der Waals surface area contributed by atoms with Gasteiger partial charge in [-0.25, -0.2) is 4.68 Å². The van der Waals surface area contributed by atoms with Gasteiger partial charge in [-0.2, -0.15) is 0 Å². The van der Waals surface area contributed by atoms with Crippen molar-refractivity contribution in [3.8, 4) is 0 Å². The SMILES string of the molecule is O=C(N[C@H]1C[C@@H]2OCC[C@H]12)c1ccc(Cn2cnnn2)cc1. The number of carbonyl (C=O) groups excluding carboxylic acids is 1. The number of hydrogen-bond donors (Lipinski definition) is 1. The number of benzene rings is 1. The van der Waals surface area contributed by atoms with Gasteiger partial charge in [-0.1, -0.05) is 12.1 Å². The zero-order valence-electron chi connectivity index (χ0n) is 12.1. The predicted molar refractivity (Wildman–Crippen MR) is 77.1 cm³/mol. The van der Waals surface area contributed by atoms with E-state index in [1.54, 1.807) is 11.0 Å². The van der Waals surface area contributed by atoms with Crippen LogP contribution in [0.5, 0.6) is 0 Å². The molecule has 7 nitrogen and oxygen atoms in total. The number of hydrogen-bond acceptors (Lipinski definition) is 5. The topological polar surface area (TPSA) is 81.9 Å². The molecule has 0 radical (unpaired) electrons. The largest absolute Gasteiger partial charge is 0.378 e. The van der Waals surface area contributed by atoms with E-state index in [1.165, 1.54) is 0 Å². The van der Waals surface area contributed by atoms with Crippen molar-refractivity contribution in [2.45, 2.75) is 31.5 Å². The Kier molecular flexibility index (Phi) is 3.34. The first-order valence-electron chi connectivity index (χ1n) is 7.52. The molecule has 0 unspecified atom stereocenters. The van der Waals surface area contributed by atoms with Crippen LogP contribution in [0.2, 0.25) is 0 Å². The van der Waals surface area contributed by atoms with E-state index in [0.717, 1.165) is 25.0 Å². The maximum atomic E-state index is 12.3. The van der Waals surface area contributed by atoms with Crippen LogP contribution in [0.1, 0.15) is 28.8 Å². The molecule has 4 rings (SSSR count). The van der Waals surface area contributed by atoms with Gasteiger partial charge in [0, 0.05) is 24.1 Å². The zero-order valence-corrected chi connectivity index (χ0v) is 12.1. The molecule has 114 valence electrons. The third kappa shape index (κ3) is 2.48. The van der Waals surface area contributed by atoms with E-state index in [0.29, 0.717) is 24.1 Å². The van der Waals surface area contributed by atoms with Crippen molar-refractivity contribution in [1.29, 1.82) is 0 Å². The number of tetrazole rings is 1. The summed E-state index contributed by atoms with van der Waals surface area (Å²) in [4.78, 5) is 12.3. The summed E-state index contributed by atoms with van der Waals surface area (Å²) in [5, 5.41) is 14.1. The molecular formula is C15H17N5O2. The Hall–Kier alpha value is -2.28. The maximum absolute atomic E-state index is 12.3. The molecule has 1 amide bonds. The zero-order chi connectivity index (χ0) is 14.9. The van der Waals surface area contributed by atoms with Crippen molar-refractivity contribution in [2.24, 2.45) is 5.92 Å². The number of ether oxygens (including phenoxy) is 1. The average molecular weight is 299 g/mol. The molecule has 0 spiro atoms. The highest BCUT2D eigenvalue weighted by molar-refractivity contribution is 5.94. The van der Waals surface area contributed by atoms with Crippen LogP contribution in [0.4, 0.5) is 0 Å². The Morgan fingerprint density at radius 3 is 2.95 bits per heavy atom. The van der Waals surface area contributed by atoms with E-state index in [9.17, 15) is 4.79 Å². The van der Waals surface area contributed by atoms with E-state index in [2.05, 4.69) is 20.8 Å². The summed E-state index contributed by atoms with van der Waals surface area (Å²) in [6, 6.07) is 7.81. The molecule has 1 aromatic heterocycles. The summed E-state index contributed by atoms with van der Waals surface area (Å²) >= 11 is 0. The van der Waals surface area contributed by atoms with Gasteiger partial charge in [-0.3, -0.25) is 4.79 Å². The predicted octanol–water partition coefficient (Wildman–Crippen LogP) is 0.629. The van der Waals surface area contributed by atoms with E-state index in [-0.39, 0.29) is 11.9 Å². The lowest BCUT2D eigenvalue weighted by Gasteiger charge is -2.39. The highest BCUT2D eigenvalue weighted by atomic mass is 16.5. The van der Waals surface area contributed by atoms with E-state index in [4.69, 9.17) is 4.74 Å². The van der Waals surface area contributed by atoms with Crippen molar-refractivity contribution in [2.75, 3.05) is 6.61 Å². The van der Waals surface area contributed by atoms with Crippen molar-refractivity contribution in [3.63, 3.8) is 0 Å². The highest BCUT2D eigenvalue weighted by Gasteiger charge is 2.45. The molecule has 3 atom stereocenters. The lowest BCUT2D eigenvalue weighted by atomic mass is 9.76. The van der Waals surface area contributed by atoms with Gasteiger partial charge >= 0.3 is 0 Å². The quantitative estimate of drug-likeness (QED) is 0.895. The smallest absolute Gasteiger partial charge is 0.251 e. The second-order valence-electron chi connectivity index (χ2n) is 5.88. The van der Waals surface area contributed by atoms with Gasteiger partial charge in [0.25, 0.3) is 5.91 Å². The molecule has 1 aliphatic carbocycles. The minimum atomic E-state index is -0.00989. The Morgan fingerprint density at radius 2 is 2.23 bits per heavy atom. The average Bonchev–Trinajstić information content (AvgIpc) is 3.15. The Labute approximate surface area is 127 Å². The highest BCUT2D eigenvalue weighted by Crippen LogP contribution is 2.38. The molecule has 1 saturated carbocycles. The number of aromatic nitrogens is 4. The third-order valence-corrected chi connectivity index (χ3v) is 4.53. The number of amides is 1.